The summed E-state index contributed by atoms with van der Waals surface area (Å²) >= 11 is 0.613. The second kappa shape index (κ2) is 14.8. The molecule has 0 radical (unpaired) electrons. The Kier molecular flexibility index (Phi) is 9.57. The van der Waals surface area contributed by atoms with Crippen LogP contribution in [0.15, 0.2) is 53.4 Å². The number of aromatic amines is 3. The molecule has 0 saturated heterocycles. The minimum absolute atomic E-state index is 0.0506. The van der Waals surface area contributed by atoms with E-state index in [1.54, 1.807) is 35.2 Å². The van der Waals surface area contributed by atoms with Crippen molar-refractivity contribution in [2.45, 2.75) is 17.7 Å². The molecule has 9 rings (SSSR count). The van der Waals surface area contributed by atoms with Crippen LogP contribution in [0.4, 0.5) is 43.8 Å². The van der Waals surface area contributed by atoms with E-state index >= 15 is 0 Å². The van der Waals surface area contributed by atoms with Gasteiger partial charge in [-0.2, -0.15) is 8.78 Å². The van der Waals surface area contributed by atoms with Gasteiger partial charge in [-0.25, -0.2) is 28.0 Å². The number of amides is 4. The van der Waals surface area contributed by atoms with E-state index in [0.29, 0.717) is 69.8 Å². The van der Waals surface area contributed by atoms with Gasteiger partial charge in [-0.05, 0) is 66.4 Å². The third kappa shape index (κ3) is 6.43. The normalized spacial score (nSPS) is 13.4. The fourth-order valence-corrected chi connectivity index (χ4v) is 8.29. The molecule has 0 unspecified atom stereocenters. The number of hydrogen-bond acceptors (Lipinski definition) is 10. The van der Waals surface area contributed by atoms with Crippen LogP contribution >= 0.6 is 12.0 Å². The highest BCUT2D eigenvalue weighted by Gasteiger charge is 2.33. The molecule has 0 bridgehead atoms. The van der Waals surface area contributed by atoms with E-state index < -0.39 is 58.4 Å². The van der Waals surface area contributed by atoms with Crippen molar-refractivity contribution in [3.05, 3.63) is 106 Å². The number of rotatable bonds is 9. The molecule has 16 nitrogen and oxygen atoms in total. The zero-order valence-electron chi connectivity index (χ0n) is 30.9. The number of H-pyrrole nitrogens is 3. The van der Waals surface area contributed by atoms with Gasteiger partial charge in [-0.3, -0.25) is 14.5 Å². The molecule has 0 fully saturated rings. The number of esters is 1. The molecule has 5 heterocycles. The summed E-state index contributed by atoms with van der Waals surface area (Å²) in [6.07, 6.45) is 0.966. The highest BCUT2D eigenvalue weighted by molar-refractivity contribution is 7.94. The lowest BCUT2D eigenvalue weighted by Gasteiger charge is -2.17. The number of ether oxygens (including phenoxy) is 2. The number of carbonyl (C=O) groups excluding carboxylic acids is 4. The lowest BCUT2D eigenvalue weighted by atomic mass is 10.1. The maximum Gasteiger partial charge on any atom is 0.360 e. The van der Waals surface area contributed by atoms with Crippen LogP contribution in [0.2, 0.25) is 0 Å². The molecular formula is C39H26F5N7O9S. The van der Waals surface area contributed by atoms with Crippen molar-refractivity contribution >= 4 is 85.6 Å². The zero-order chi connectivity index (χ0) is 43.0. The monoisotopic (exact) mass is 863 g/mol. The van der Waals surface area contributed by atoms with Gasteiger partial charge >= 0.3 is 12.0 Å². The Morgan fingerprint density at radius 3 is 2.15 bits per heavy atom. The third-order valence-corrected chi connectivity index (χ3v) is 11.1. The molecule has 22 heteroatoms. The number of nitrogens with one attached hydrogen (secondary N) is 4. The highest BCUT2D eigenvalue weighted by atomic mass is 32.2. The van der Waals surface area contributed by atoms with Crippen LogP contribution in [0.25, 0.3) is 32.7 Å². The van der Waals surface area contributed by atoms with Gasteiger partial charge in [0.2, 0.25) is 34.8 Å². The third-order valence-electron chi connectivity index (χ3n) is 10.5. The van der Waals surface area contributed by atoms with Gasteiger partial charge < -0.3 is 40.4 Å². The quantitative estimate of drug-likeness (QED) is 0.0124. The molecule has 3 aromatic heterocycles. The number of fused-ring (bicyclic) bond motifs is 7. The fraction of sp³-hybridized carbons (Fsp3) is 0.128. The fourth-order valence-electron chi connectivity index (χ4n) is 7.78. The van der Waals surface area contributed by atoms with E-state index in [9.17, 15) is 41.1 Å². The Bertz CT molecular complexity index is 3030. The molecule has 7 N–H and O–H groups in total. The van der Waals surface area contributed by atoms with Gasteiger partial charge in [0.05, 0.1) is 35.1 Å². The van der Waals surface area contributed by atoms with Crippen molar-refractivity contribution < 1.29 is 65.2 Å². The number of urea groups is 1. The molecule has 7 aromatic rings. The summed E-state index contributed by atoms with van der Waals surface area (Å²) in [4.78, 5) is 64.9. The summed E-state index contributed by atoms with van der Waals surface area (Å²) in [5.74, 6) is -15.9. The SMILES string of the molecule is COc1cc(NC(=O)c2cc3c4c(cc(SOOO)c3[nH]2)N(C(=O)c2cc3c5c(ccc3[nH]2)N(C(N)=O)CC5)CC4)cc2cc(C(=O)Oc3c(F)c(F)c(F)c(F)c3F)[nH]c12. The predicted octanol–water partition coefficient (Wildman–Crippen LogP) is 7.38. The predicted molar refractivity (Wildman–Crippen MR) is 207 cm³/mol. The molecule has 0 spiro atoms. The Hall–Kier alpha value is -7.14. The Labute approximate surface area is 341 Å². The van der Waals surface area contributed by atoms with Crippen LogP contribution in [-0.2, 0) is 22.2 Å². The van der Waals surface area contributed by atoms with Gasteiger partial charge in [0, 0.05) is 57.9 Å². The van der Waals surface area contributed by atoms with Crippen molar-refractivity contribution in [2.75, 3.05) is 35.3 Å². The number of hydrogen-bond donors (Lipinski definition) is 6. The first-order valence-electron chi connectivity index (χ1n) is 17.9. The molecule has 312 valence electrons. The molecular weight excluding hydrogens is 838 g/mol. The molecule has 0 saturated carbocycles. The largest absolute Gasteiger partial charge is 0.494 e. The molecule has 4 aromatic carbocycles. The number of aromatic nitrogens is 3. The molecule has 0 aliphatic carbocycles. The highest BCUT2D eigenvalue weighted by Crippen LogP contribution is 2.42. The summed E-state index contributed by atoms with van der Waals surface area (Å²) in [5, 5.41) is 17.1. The second-order valence-corrected chi connectivity index (χ2v) is 14.5. The van der Waals surface area contributed by atoms with E-state index in [2.05, 4.69) is 30.0 Å². The van der Waals surface area contributed by atoms with Crippen LogP contribution in [0, 0.1) is 29.1 Å². The van der Waals surface area contributed by atoms with E-state index in [0.717, 1.165) is 22.6 Å². The number of halogens is 5. The first-order valence-corrected chi connectivity index (χ1v) is 18.6. The second-order valence-electron chi connectivity index (χ2n) is 13.8. The lowest BCUT2D eigenvalue weighted by Crippen LogP contribution is -2.33. The summed E-state index contributed by atoms with van der Waals surface area (Å²) < 4.78 is 84.1. The number of primary amides is 1. The van der Waals surface area contributed by atoms with Gasteiger partial charge in [0.15, 0.2) is 0 Å². The van der Waals surface area contributed by atoms with Crippen LogP contribution < -0.4 is 30.3 Å². The topological polar surface area (TPSA) is 217 Å². The van der Waals surface area contributed by atoms with E-state index in [1.165, 1.54) is 24.1 Å². The van der Waals surface area contributed by atoms with Crippen LogP contribution in [0.5, 0.6) is 11.5 Å². The maximum absolute atomic E-state index is 14.2. The number of carbonyl (C=O) groups is 4. The number of anilines is 3. The number of nitrogens with two attached hydrogens (primary N) is 1. The minimum Gasteiger partial charge on any atom is -0.494 e. The first-order chi connectivity index (χ1) is 29.3. The van der Waals surface area contributed by atoms with Crippen LogP contribution in [-0.4, -0.2) is 64.2 Å². The zero-order valence-corrected chi connectivity index (χ0v) is 31.7. The summed E-state index contributed by atoms with van der Waals surface area (Å²) in [6.45, 7) is 0.697. The average Bonchev–Trinajstić information content (AvgIpc) is 4.10. The molecule has 2 aliphatic heterocycles. The van der Waals surface area contributed by atoms with Crippen molar-refractivity contribution in [1.82, 2.24) is 15.0 Å². The van der Waals surface area contributed by atoms with Crippen molar-refractivity contribution in [2.24, 2.45) is 5.73 Å². The van der Waals surface area contributed by atoms with Gasteiger partial charge in [-0.1, -0.05) is 5.04 Å². The average molecular weight is 864 g/mol. The summed E-state index contributed by atoms with van der Waals surface area (Å²) in [6, 6.07) is 11.9. The first kappa shape index (κ1) is 39.3. The molecule has 0 atom stereocenters. The minimum atomic E-state index is -2.42. The van der Waals surface area contributed by atoms with E-state index in [-0.39, 0.29) is 40.5 Å². The number of benzene rings is 4. The Morgan fingerprint density at radius 1 is 0.770 bits per heavy atom. The van der Waals surface area contributed by atoms with Gasteiger partial charge in [-0.15, -0.1) is 4.33 Å². The number of nitrogens with zero attached hydrogens (tertiary/aromatic N) is 2. The Balaban J connectivity index is 0.998. The smallest absolute Gasteiger partial charge is 0.360 e. The summed E-state index contributed by atoms with van der Waals surface area (Å²) in [7, 11) is 1.28. The van der Waals surface area contributed by atoms with Crippen molar-refractivity contribution in [3.63, 3.8) is 0 Å². The maximum atomic E-state index is 14.2. The van der Waals surface area contributed by atoms with E-state index in [4.69, 9.17) is 20.1 Å². The molecule has 4 amide bonds. The molecule has 2 aliphatic rings. The van der Waals surface area contributed by atoms with Crippen molar-refractivity contribution in [3.8, 4) is 11.5 Å². The Morgan fingerprint density at radius 2 is 1.44 bits per heavy atom. The molecule has 61 heavy (non-hydrogen) atoms. The lowest BCUT2D eigenvalue weighted by molar-refractivity contribution is -0.432. The standard InChI is InChI=1S/C39H26F5N7O9S/c1-57-26-10-15(8-14-9-23(49-33(14)26)38(54)58-35-31(43)29(41)28(40)30(42)32(35)44)46-36(52)21-12-19-17-4-6-50(25(17)13-27(34(19)48-21)61-60-59-56)37(53)22-11-18-16-5-7-51(39(45)55)24(16)3-2-20(18)47-22/h2-3,8-13,47-49,56H,4-7H2,1H3,(H2,45,55)(H,46,52). The van der Waals surface area contributed by atoms with Crippen LogP contribution in [0.1, 0.15) is 42.6 Å². The van der Waals surface area contributed by atoms with Gasteiger partial charge in [0.1, 0.15) is 22.8 Å². The van der Waals surface area contributed by atoms with Gasteiger partial charge in [0.25, 0.3) is 11.8 Å². The van der Waals surface area contributed by atoms with Crippen molar-refractivity contribution in [1.29, 1.82) is 0 Å². The van der Waals surface area contributed by atoms with Crippen LogP contribution in [0.3, 0.4) is 0 Å². The summed E-state index contributed by atoms with van der Waals surface area (Å²) in [5.41, 5.74) is 9.67. The van der Waals surface area contributed by atoms with E-state index in [1.807, 2.05) is 0 Å². The number of methoxy groups -OCH3 is 1.